The summed E-state index contributed by atoms with van der Waals surface area (Å²) in [4.78, 5) is 34.0. The van der Waals surface area contributed by atoms with Gasteiger partial charge in [-0.3, -0.25) is 14.4 Å². The average Bonchev–Trinajstić information content (AvgIpc) is 4.15. The molecule has 4 unspecified atom stereocenters. The molecule has 17 nitrogen and oxygen atoms in total. The number of carbonyl (C=O) groups excluding carboxylic acids is 3. The maximum Gasteiger partial charge on any atom is 1.00 e. The molecule has 4 aliphatic heterocycles. The summed E-state index contributed by atoms with van der Waals surface area (Å²) < 4.78 is 67.6. The summed E-state index contributed by atoms with van der Waals surface area (Å²) in [7, 11) is 6.82. The van der Waals surface area contributed by atoms with Gasteiger partial charge in [0.2, 0.25) is 25.1 Å². The van der Waals surface area contributed by atoms with Gasteiger partial charge in [-0.1, -0.05) is 67.9 Å². The van der Waals surface area contributed by atoms with E-state index in [1.807, 2.05) is 36.4 Å². The zero-order valence-corrected chi connectivity index (χ0v) is 44.6. The van der Waals surface area contributed by atoms with Crippen molar-refractivity contribution in [1.29, 1.82) is 0 Å². The van der Waals surface area contributed by atoms with Crippen molar-refractivity contribution in [1.82, 2.24) is 0 Å². The number of aldehydes is 1. The standard InChI is InChI=1S/C22H24O8.C12H12O4.C10H12O4.C6H18NSi2.Li/c1-25-17-8-13(9-18(26-2)21(17)27-3)20(23)19-14(10-28-22(19)24)6-12-4-5-15-16(7-12)30-11-29-15;13-12-5-9(6-14-12)3-8-1-2-10-11(4-8)16-7-15-10;1-12-8-4-7(6-11)5-9(13-2)10(8)14-3;1-8(2,3)7-9(4,5)6;/h4-5,7-9,14,19-20,23H,6,10-11H2,1-3H3;1-2,4,9H,3,5-7H2;4-6H,1-3H3;1-6H3;/q;;;-1;+1. The van der Waals surface area contributed by atoms with E-state index in [4.69, 9.17) is 61.5 Å². The molecule has 2 saturated heterocycles. The Balaban J connectivity index is 0.000000225. The number of esters is 2. The molecular formula is C50H66LiNO16Si2. The van der Waals surface area contributed by atoms with Crippen LogP contribution in [0.2, 0.25) is 39.3 Å². The van der Waals surface area contributed by atoms with Crippen molar-refractivity contribution in [3.63, 3.8) is 0 Å². The molecule has 8 rings (SSSR count). The van der Waals surface area contributed by atoms with Gasteiger partial charge in [0.1, 0.15) is 6.29 Å². The van der Waals surface area contributed by atoms with Crippen LogP contribution in [-0.2, 0) is 31.9 Å². The third-order valence-corrected chi connectivity index (χ3v) is 16.3. The zero-order chi connectivity index (χ0) is 50.5. The number of fused-ring (bicyclic) bond motifs is 2. The van der Waals surface area contributed by atoms with Gasteiger partial charge in [-0.25, -0.2) is 0 Å². The smallest absolute Gasteiger partial charge is 0.668 e. The number of hydrogen-bond donors (Lipinski definition) is 1. The number of ether oxygens (including phenoxy) is 12. The van der Waals surface area contributed by atoms with Crippen LogP contribution < -0.4 is 66.2 Å². The fourth-order valence-electron chi connectivity index (χ4n) is 8.28. The number of cyclic esters (lactones) is 2. The third-order valence-electron chi connectivity index (χ3n) is 10.9. The van der Waals surface area contributed by atoms with Crippen LogP contribution in [0.4, 0.5) is 0 Å². The van der Waals surface area contributed by atoms with Crippen LogP contribution in [0.5, 0.6) is 57.5 Å². The van der Waals surface area contributed by atoms with Crippen LogP contribution in [0.1, 0.15) is 39.6 Å². The largest absolute Gasteiger partial charge is 1.00 e. The minimum absolute atomic E-state index is 0. The molecule has 0 aromatic heterocycles. The number of rotatable bonds is 15. The van der Waals surface area contributed by atoms with Crippen molar-refractivity contribution in [3.8, 4) is 57.5 Å². The molecule has 0 amide bonds. The van der Waals surface area contributed by atoms with Gasteiger partial charge in [-0.15, -0.1) is 0 Å². The quantitative estimate of drug-likeness (QED) is 0.0879. The van der Waals surface area contributed by atoms with Gasteiger partial charge in [0.05, 0.1) is 74.3 Å². The zero-order valence-electron chi connectivity index (χ0n) is 42.6. The Kier molecular flexibility index (Phi) is 21.2. The molecule has 4 aliphatic rings. The van der Waals surface area contributed by atoms with Gasteiger partial charge in [-0.05, 0) is 78.1 Å². The van der Waals surface area contributed by atoms with Crippen molar-refractivity contribution in [2.75, 3.05) is 69.5 Å². The van der Waals surface area contributed by atoms with E-state index < -0.39 is 34.5 Å². The number of aliphatic hydroxyl groups is 1. The van der Waals surface area contributed by atoms with E-state index in [0.717, 1.165) is 35.3 Å². The van der Waals surface area contributed by atoms with Gasteiger partial charge in [0, 0.05) is 17.4 Å². The summed E-state index contributed by atoms with van der Waals surface area (Å²) in [5.41, 5.74) is 3.11. The first-order chi connectivity index (χ1) is 32.8. The summed E-state index contributed by atoms with van der Waals surface area (Å²) in [6, 6.07) is 18.1. The van der Waals surface area contributed by atoms with E-state index in [9.17, 15) is 19.5 Å². The Bertz CT molecular complexity index is 2330. The van der Waals surface area contributed by atoms with Gasteiger partial charge in [0.15, 0.2) is 46.0 Å². The van der Waals surface area contributed by atoms with Crippen LogP contribution in [0.15, 0.2) is 60.7 Å². The molecule has 4 aromatic carbocycles. The Labute approximate surface area is 424 Å². The molecular weight excluding hydrogens is 934 g/mol. The second-order valence-electron chi connectivity index (χ2n) is 18.4. The molecule has 0 aliphatic carbocycles. The monoisotopic (exact) mass is 999 g/mol. The van der Waals surface area contributed by atoms with Gasteiger partial charge in [0.25, 0.3) is 0 Å². The molecule has 4 aromatic rings. The first-order valence-corrected chi connectivity index (χ1v) is 29.3. The molecule has 0 spiro atoms. The van der Waals surface area contributed by atoms with Crippen LogP contribution in [0.3, 0.4) is 0 Å². The molecule has 4 atom stereocenters. The van der Waals surface area contributed by atoms with E-state index in [2.05, 4.69) is 39.3 Å². The summed E-state index contributed by atoms with van der Waals surface area (Å²) in [5.74, 6) is 4.50. The third kappa shape index (κ3) is 15.7. The molecule has 4 heterocycles. The second-order valence-corrected chi connectivity index (χ2v) is 28.0. The van der Waals surface area contributed by atoms with Gasteiger partial charge >= 0.3 is 30.8 Å². The Morgan fingerprint density at radius 2 is 1.07 bits per heavy atom. The van der Waals surface area contributed by atoms with Crippen molar-refractivity contribution in [3.05, 3.63) is 87.6 Å². The summed E-state index contributed by atoms with van der Waals surface area (Å²) in [6.45, 7) is 15.0. The molecule has 376 valence electrons. The van der Waals surface area contributed by atoms with E-state index in [0.29, 0.717) is 89.3 Å². The predicted molar refractivity (Wildman–Crippen MR) is 262 cm³/mol. The van der Waals surface area contributed by atoms with Gasteiger partial charge < -0.3 is 66.6 Å². The molecule has 0 saturated carbocycles. The van der Waals surface area contributed by atoms with Crippen molar-refractivity contribution in [2.45, 2.75) is 64.6 Å². The van der Waals surface area contributed by atoms with Crippen LogP contribution in [0.25, 0.3) is 4.65 Å². The number of nitrogens with zero attached hydrogens (tertiary/aromatic N) is 1. The van der Waals surface area contributed by atoms with E-state index in [1.54, 1.807) is 24.3 Å². The Morgan fingerprint density at radius 1 is 0.614 bits per heavy atom. The fraction of sp³-hybridized carbons (Fsp3) is 0.460. The van der Waals surface area contributed by atoms with E-state index in [1.165, 1.54) is 42.7 Å². The maximum absolute atomic E-state index is 12.5. The molecule has 1 N–H and O–H groups in total. The van der Waals surface area contributed by atoms with Crippen LogP contribution in [-0.4, -0.2) is 109 Å². The minimum Gasteiger partial charge on any atom is -0.668 e. The molecule has 0 radical (unpaired) electrons. The predicted octanol–water partition coefficient (Wildman–Crippen LogP) is 5.59. The van der Waals surface area contributed by atoms with E-state index in [-0.39, 0.29) is 44.1 Å². The summed E-state index contributed by atoms with van der Waals surface area (Å²) in [6.07, 6.45) is 1.56. The maximum atomic E-state index is 12.5. The van der Waals surface area contributed by atoms with Gasteiger partial charge in [-0.2, -0.15) is 0 Å². The summed E-state index contributed by atoms with van der Waals surface area (Å²) in [5, 5.41) is 11.1. The molecule has 70 heavy (non-hydrogen) atoms. The normalized spacial score (nSPS) is 17.6. The second kappa shape index (κ2) is 26.1. The first kappa shape index (κ1) is 57.0. The minimum atomic E-state index is -1.11. The topological polar surface area (TPSA) is 196 Å². The number of benzene rings is 4. The van der Waals surface area contributed by atoms with Crippen molar-refractivity contribution < 1.29 is 95.2 Å². The van der Waals surface area contributed by atoms with Crippen molar-refractivity contribution >= 4 is 34.7 Å². The summed E-state index contributed by atoms with van der Waals surface area (Å²) >= 11 is 0. The SMILES string of the molecule is COc1cc(C(O)C2C(=O)OCC2Cc2ccc3c(c2)OCO3)cc(OC)c1OC.COc1cc(C=O)cc(OC)c1OC.C[Si](C)(C)[N-][Si](C)(C)C.O=C1CC(Cc2ccc3c(c2)OCO3)CO1.[Li+]. The Morgan fingerprint density at radius 3 is 1.47 bits per heavy atom. The average molecular weight is 1000 g/mol. The number of hydrogen-bond acceptors (Lipinski definition) is 16. The first-order valence-electron chi connectivity index (χ1n) is 22.4. The molecule has 2 fully saturated rings. The van der Waals surface area contributed by atoms with Crippen LogP contribution in [0, 0.1) is 17.8 Å². The fourth-order valence-corrected chi connectivity index (χ4v) is 16.3. The van der Waals surface area contributed by atoms with E-state index >= 15 is 0 Å². The molecule has 20 heteroatoms. The van der Waals surface area contributed by atoms with Crippen LogP contribution >= 0.6 is 0 Å². The number of aliphatic hydroxyl groups excluding tert-OH is 1. The number of methoxy groups -OCH3 is 6. The Hall–Kier alpha value is -5.56. The molecule has 0 bridgehead atoms. The number of carbonyl (C=O) groups is 3. The van der Waals surface area contributed by atoms with Crippen molar-refractivity contribution in [2.24, 2.45) is 17.8 Å².